The van der Waals surface area contributed by atoms with Gasteiger partial charge in [0, 0.05) is 23.4 Å². The Morgan fingerprint density at radius 1 is 0.759 bits per heavy atom. The van der Waals surface area contributed by atoms with Crippen molar-refractivity contribution in [1.82, 2.24) is 9.97 Å². The second-order valence-electron chi connectivity index (χ2n) is 6.41. The number of hydrogen-bond acceptors (Lipinski definition) is 3. The van der Waals surface area contributed by atoms with E-state index in [0.717, 1.165) is 16.7 Å². The molecule has 0 spiro atoms. The Kier molecular flexibility index (Phi) is 5.76. The Balaban J connectivity index is 1.77. The van der Waals surface area contributed by atoms with Gasteiger partial charge in [-0.15, -0.1) is 0 Å². The molecule has 1 aromatic heterocycles. The summed E-state index contributed by atoms with van der Waals surface area (Å²) >= 11 is 12.6. The van der Waals surface area contributed by atoms with Gasteiger partial charge < -0.3 is 0 Å². The summed E-state index contributed by atoms with van der Waals surface area (Å²) in [4.78, 5) is 9.51. The van der Waals surface area contributed by atoms with E-state index in [1.807, 2.05) is 42.5 Å². The average molecular weight is 439 g/mol. The molecule has 4 rings (SSSR count). The number of nitrogens with zero attached hydrogens (tertiary/aromatic N) is 2. The Bertz CT molecular complexity index is 1200. The van der Waals surface area contributed by atoms with Crippen molar-refractivity contribution in [2.24, 2.45) is 0 Å². The quantitative estimate of drug-likeness (QED) is 0.340. The van der Waals surface area contributed by atoms with Crippen LogP contribution in [0.15, 0.2) is 83.8 Å². The molecule has 6 heteroatoms. The molecule has 3 nitrogen and oxygen atoms in total. The van der Waals surface area contributed by atoms with Gasteiger partial charge in [0.15, 0.2) is 5.82 Å². The minimum absolute atomic E-state index is 0.310. The van der Waals surface area contributed by atoms with Crippen LogP contribution in [0, 0.1) is 0 Å². The van der Waals surface area contributed by atoms with Gasteiger partial charge in [-0.3, -0.25) is 4.21 Å². The zero-order valence-electron chi connectivity index (χ0n) is 15.5. The molecule has 0 aliphatic rings. The molecule has 1 heterocycles. The molecule has 0 amide bonds. The molecule has 1 atom stereocenters. The van der Waals surface area contributed by atoms with Crippen molar-refractivity contribution < 1.29 is 4.21 Å². The number of hydrogen-bond donors (Lipinski definition) is 0. The van der Waals surface area contributed by atoms with Gasteiger partial charge in [-0.05, 0) is 23.3 Å². The van der Waals surface area contributed by atoms with Crippen LogP contribution in [0.5, 0.6) is 0 Å². The van der Waals surface area contributed by atoms with Crippen LogP contribution in [-0.4, -0.2) is 20.4 Å². The highest BCUT2D eigenvalue weighted by Gasteiger charge is 2.16. The predicted octanol–water partition coefficient (Wildman–Crippen LogP) is 6.52. The zero-order chi connectivity index (χ0) is 20.4. The van der Waals surface area contributed by atoms with Crippen molar-refractivity contribution in [3.63, 3.8) is 0 Å². The number of halogens is 2. The molecule has 144 valence electrons. The van der Waals surface area contributed by atoms with Gasteiger partial charge in [0.25, 0.3) is 0 Å². The van der Waals surface area contributed by atoms with Gasteiger partial charge in [0.05, 0.1) is 26.4 Å². The van der Waals surface area contributed by atoms with Gasteiger partial charge >= 0.3 is 0 Å². The van der Waals surface area contributed by atoms with E-state index in [0.29, 0.717) is 32.2 Å². The molecule has 0 fully saturated rings. The van der Waals surface area contributed by atoms with Gasteiger partial charge in [-0.25, -0.2) is 9.97 Å². The lowest BCUT2D eigenvalue weighted by molar-refractivity contribution is 0.687. The molecule has 0 N–H and O–H groups in total. The van der Waals surface area contributed by atoms with Crippen molar-refractivity contribution in [3.05, 3.63) is 89.0 Å². The highest BCUT2D eigenvalue weighted by atomic mass is 35.5. The molecule has 4 aromatic rings. The SMILES string of the molecule is CS(=O)c1c(Cl)cccc1-c1nc(Cl)cc(-c2ccc(-c3ccccc3)cc2)n1. The van der Waals surface area contributed by atoms with Gasteiger partial charge in [-0.1, -0.05) is 83.9 Å². The van der Waals surface area contributed by atoms with Crippen molar-refractivity contribution in [3.8, 4) is 33.8 Å². The fourth-order valence-electron chi connectivity index (χ4n) is 3.13. The van der Waals surface area contributed by atoms with Crippen molar-refractivity contribution in [2.45, 2.75) is 4.90 Å². The summed E-state index contributed by atoms with van der Waals surface area (Å²) in [5.74, 6) is 0.396. The summed E-state index contributed by atoms with van der Waals surface area (Å²) in [5.41, 5.74) is 4.48. The van der Waals surface area contributed by atoms with E-state index in [1.54, 1.807) is 30.5 Å². The molecule has 0 radical (unpaired) electrons. The monoisotopic (exact) mass is 438 g/mol. The van der Waals surface area contributed by atoms with E-state index in [2.05, 4.69) is 22.1 Å². The molecule has 0 aliphatic carbocycles. The molecule has 1 unspecified atom stereocenters. The van der Waals surface area contributed by atoms with Crippen LogP contribution in [0.3, 0.4) is 0 Å². The third-order valence-electron chi connectivity index (χ3n) is 4.48. The van der Waals surface area contributed by atoms with E-state index < -0.39 is 10.8 Å². The summed E-state index contributed by atoms with van der Waals surface area (Å²) < 4.78 is 12.2. The minimum atomic E-state index is -1.29. The Morgan fingerprint density at radius 2 is 1.41 bits per heavy atom. The highest BCUT2D eigenvalue weighted by molar-refractivity contribution is 7.84. The highest BCUT2D eigenvalue weighted by Crippen LogP contribution is 2.32. The van der Waals surface area contributed by atoms with Crippen molar-refractivity contribution >= 4 is 34.0 Å². The predicted molar refractivity (Wildman–Crippen MR) is 121 cm³/mol. The van der Waals surface area contributed by atoms with Gasteiger partial charge in [-0.2, -0.15) is 0 Å². The lowest BCUT2D eigenvalue weighted by atomic mass is 10.0. The topological polar surface area (TPSA) is 42.9 Å². The first-order valence-electron chi connectivity index (χ1n) is 8.85. The first kappa shape index (κ1) is 19.8. The zero-order valence-corrected chi connectivity index (χ0v) is 17.8. The minimum Gasteiger partial charge on any atom is -0.255 e. The van der Waals surface area contributed by atoms with Crippen LogP contribution in [0.4, 0.5) is 0 Å². The van der Waals surface area contributed by atoms with Crippen LogP contribution in [0.1, 0.15) is 0 Å². The number of aromatic nitrogens is 2. The number of rotatable bonds is 4. The van der Waals surface area contributed by atoms with Gasteiger partial charge in [0.1, 0.15) is 5.15 Å². The summed E-state index contributed by atoms with van der Waals surface area (Å²) in [5, 5.41) is 0.727. The molecule has 0 bridgehead atoms. The van der Waals surface area contributed by atoms with E-state index in [4.69, 9.17) is 23.2 Å². The first-order valence-corrected chi connectivity index (χ1v) is 11.2. The average Bonchev–Trinajstić information content (AvgIpc) is 2.73. The second kappa shape index (κ2) is 8.46. The largest absolute Gasteiger partial charge is 0.255 e. The molecule has 0 aliphatic heterocycles. The first-order chi connectivity index (χ1) is 14.0. The lowest BCUT2D eigenvalue weighted by Gasteiger charge is -2.10. The van der Waals surface area contributed by atoms with E-state index in [-0.39, 0.29) is 0 Å². The lowest BCUT2D eigenvalue weighted by Crippen LogP contribution is -1.99. The molecule has 0 saturated carbocycles. The second-order valence-corrected chi connectivity index (χ2v) is 8.52. The van der Waals surface area contributed by atoms with E-state index in [1.165, 1.54) is 0 Å². The van der Waals surface area contributed by atoms with E-state index >= 15 is 0 Å². The summed E-state index contributed by atoms with van der Waals surface area (Å²) in [6.07, 6.45) is 1.58. The Labute approximate surface area is 181 Å². The molecule has 0 saturated heterocycles. The Hall–Kier alpha value is -2.53. The van der Waals surface area contributed by atoms with Gasteiger partial charge in [0.2, 0.25) is 0 Å². The number of benzene rings is 3. The molecule has 29 heavy (non-hydrogen) atoms. The van der Waals surface area contributed by atoms with Crippen LogP contribution in [-0.2, 0) is 10.8 Å². The Morgan fingerprint density at radius 3 is 2.10 bits per heavy atom. The molecular formula is C23H16Cl2N2OS. The fourth-order valence-corrected chi connectivity index (χ4v) is 4.62. The maximum absolute atomic E-state index is 12.2. The molecular weight excluding hydrogens is 423 g/mol. The van der Waals surface area contributed by atoms with Crippen molar-refractivity contribution in [2.75, 3.05) is 6.26 Å². The smallest absolute Gasteiger partial charge is 0.162 e. The standard InChI is InChI=1S/C23H16Cl2N2OS/c1-29(28)22-18(8-5-9-19(22)24)23-26-20(14-21(25)27-23)17-12-10-16(11-13-17)15-6-3-2-4-7-15/h2-14H,1H3. The molecule has 3 aromatic carbocycles. The van der Waals surface area contributed by atoms with Crippen molar-refractivity contribution in [1.29, 1.82) is 0 Å². The summed E-state index contributed by atoms with van der Waals surface area (Å²) in [7, 11) is -1.29. The fraction of sp³-hybridized carbons (Fsp3) is 0.0435. The maximum atomic E-state index is 12.2. The summed E-state index contributed by atoms with van der Waals surface area (Å²) in [6.45, 7) is 0. The van der Waals surface area contributed by atoms with Crippen LogP contribution >= 0.6 is 23.2 Å². The summed E-state index contributed by atoms with van der Waals surface area (Å²) in [6, 6.07) is 25.3. The normalized spacial score (nSPS) is 12.0. The van der Waals surface area contributed by atoms with Crippen LogP contribution in [0.2, 0.25) is 10.2 Å². The third-order valence-corrected chi connectivity index (χ3v) is 6.11. The van der Waals surface area contributed by atoms with Crippen LogP contribution in [0.25, 0.3) is 33.8 Å². The maximum Gasteiger partial charge on any atom is 0.162 e. The van der Waals surface area contributed by atoms with E-state index in [9.17, 15) is 4.21 Å². The van der Waals surface area contributed by atoms with Crippen LogP contribution < -0.4 is 0 Å². The third kappa shape index (κ3) is 4.25.